The molecule has 0 atom stereocenters. The smallest absolute Gasteiger partial charge is 0.330 e. The van der Waals surface area contributed by atoms with Crippen molar-refractivity contribution in [2.24, 2.45) is 0 Å². The van der Waals surface area contributed by atoms with E-state index >= 15 is 0 Å². The summed E-state index contributed by atoms with van der Waals surface area (Å²) in [7, 11) is -3.86. The Morgan fingerprint density at radius 2 is 1.66 bits per heavy atom. The highest BCUT2D eigenvalue weighted by atomic mass is 127. The lowest BCUT2D eigenvalue weighted by Crippen LogP contribution is -2.29. The average molecular weight is 639 g/mol. The van der Waals surface area contributed by atoms with Gasteiger partial charge in [0.15, 0.2) is 0 Å². The Labute approximate surface area is 226 Å². The third-order valence-corrected chi connectivity index (χ3v) is 7.94. The molecule has 2 N–H and O–H groups in total. The number of nitrogens with one attached hydrogen (secondary N) is 1. The molecule has 35 heavy (non-hydrogen) atoms. The fraction of sp³-hybridized carbons (Fsp3) is 0.0417. The van der Waals surface area contributed by atoms with E-state index in [0.717, 1.165) is 36.7 Å². The summed E-state index contributed by atoms with van der Waals surface area (Å²) in [4.78, 5) is 4.87. The number of hydrogen-bond acceptors (Lipinski definition) is 4. The Bertz CT molecular complexity index is 1550. The zero-order valence-electron chi connectivity index (χ0n) is 17.9. The summed E-state index contributed by atoms with van der Waals surface area (Å²) in [5.74, 6) is 0.348. The predicted octanol–water partition coefficient (Wildman–Crippen LogP) is 6.05. The van der Waals surface area contributed by atoms with Crippen LogP contribution in [0.3, 0.4) is 0 Å². The van der Waals surface area contributed by atoms with Crippen LogP contribution in [-0.4, -0.2) is 23.1 Å². The zero-order valence-corrected chi connectivity index (χ0v) is 22.3. The highest BCUT2D eigenvalue weighted by Gasteiger charge is 2.28. The molecule has 0 bridgehead atoms. The van der Waals surface area contributed by atoms with Crippen molar-refractivity contribution in [2.45, 2.75) is 6.42 Å². The molecule has 2 heterocycles. The zero-order chi connectivity index (χ0) is 24.7. The molecule has 0 aliphatic carbocycles. The maximum absolute atomic E-state index is 12.2. The number of aromatic nitrogens is 2. The van der Waals surface area contributed by atoms with Gasteiger partial charge in [0, 0.05) is 32.5 Å². The fourth-order valence-corrected chi connectivity index (χ4v) is 5.66. The average Bonchev–Trinajstić information content (AvgIpc) is 3.34. The van der Waals surface area contributed by atoms with Crippen molar-refractivity contribution in [1.29, 1.82) is 0 Å². The van der Waals surface area contributed by atoms with Gasteiger partial charge in [0.2, 0.25) is 5.88 Å². The third-order valence-electron chi connectivity index (χ3n) is 5.38. The number of halogens is 3. The van der Waals surface area contributed by atoms with Gasteiger partial charge in [-0.15, -0.1) is 0 Å². The summed E-state index contributed by atoms with van der Waals surface area (Å²) < 4.78 is 30.5. The SMILES string of the molecule is O=S1(=O)NC(O)=CN1c1ccc(-n2cc(-c3ccc(Cl)cc3Cl)nc2Cc2ccc(I)cc2)cc1. The van der Waals surface area contributed by atoms with Crippen LogP contribution in [-0.2, 0) is 16.6 Å². The molecule has 0 unspecified atom stereocenters. The minimum atomic E-state index is -3.86. The van der Waals surface area contributed by atoms with Gasteiger partial charge in [0.05, 0.1) is 22.6 Å². The van der Waals surface area contributed by atoms with E-state index in [1.165, 1.54) is 0 Å². The molecular formula is C24H17Cl2IN4O3S. The summed E-state index contributed by atoms with van der Waals surface area (Å²) in [6.45, 7) is 0. The maximum Gasteiger partial charge on any atom is 0.330 e. The van der Waals surface area contributed by atoms with Gasteiger partial charge in [0.25, 0.3) is 0 Å². The highest BCUT2D eigenvalue weighted by molar-refractivity contribution is 14.1. The topological polar surface area (TPSA) is 87.5 Å². The number of aliphatic hydroxyl groups excluding tert-OH is 1. The molecule has 178 valence electrons. The second kappa shape index (κ2) is 9.38. The lowest BCUT2D eigenvalue weighted by atomic mass is 10.1. The molecule has 1 aromatic heterocycles. The van der Waals surface area contributed by atoms with Crippen molar-refractivity contribution >= 4 is 61.7 Å². The number of hydrogen-bond donors (Lipinski definition) is 2. The van der Waals surface area contributed by atoms with E-state index in [0.29, 0.717) is 27.8 Å². The Hall–Kier alpha value is -2.73. The van der Waals surface area contributed by atoms with Crippen molar-refractivity contribution in [3.63, 3.8) is 0 Å². The van der Waals surface area contributed by atoms with Crippen LogP contribution < -0.4 is 9.03 Å². The summed E-state index contributed by atoms with van der Waals surface area (Å²) in [6.07, 6.45) is 3.58. The van der Waals surface area contributed by atoms with Crippen molar-refractivity contribution in [2.75, 3.05) is 4.31 Å². The number of imidazole rings is 1. The van der Waals surface area contributed by atoms with Gasteiger partial charge in [0.1, 0.15) is 5.82 Å². The van der Waals surface area contributed by atoms with Gasteiger partial charge >= 0.3 is 10.2 Å². The minimum absolute atomic E-state index is 0.380. The van der Waals surface area contributed by atoms with E-state index in [1.807, 2.05) is 33.7 Å². The number of nitrogens with zero attached hydrogens (tertiary/aromatic N) is 3. The van der Waals surface area contributed by atoms with Crippen LogP contribution in [0.2, 0.25) is 10.0 Å². The first-order valence-corrected chi connectivity index (χ1v) is 13.6. The van der Waals surface area contributed by atoms with Crippen molar-refractivity contribution in [3.8, 4) is 16.9 Å². The molecule has 5 rings (SSSR count). The van der Waals surface area contributed by atoms with E-state index in [1.54, 1.807) is 36.4 Å². The van der Waals surface area contributed by atoms with Gasteiger partial charge in [-0.05, 0) is 82.8 Å². The van der Waals surface area contributed by atoms with E-state index in [2.05, 4.69) is 34.7 Å². The Morgan fingerprint density at radius 1 is 0.971 bits per heavy atom. The molecule has 1 aliphatic heterocycles. The molecule has 1 aliphatic rings. The maximum atomic E-state index is 12.2. The first-order valence-electron chi connectivity index (χ1n) is 10.3. The van der Waals surface area contributed by atoms with E-state index in [-0.39, 0.29) is 0 Å². The summed E-state index contributed by atoms with van der Waals surface area (Å²) in [5.41, 5.74) is 3.71. The first kappa shape index (κ1) is 24.0. The quantitative estimate of drug-likeness (QED) is 0.261. The van der Waals surface area contributed by atoms with Gasteiger partial charge in [-0.25, -0.2) is 14.0 Å². The normalized spacial score (nSPS) is 14.6. The van der Waals surface area contributed by atoms with Gasteiger partial charge in [-0.2, -0.15) is 8.42 Å². The molecule has 0 amide bonds. The number of aliphatic hydroxyl groups is 1. The highest BCUT2D eigenvalue weighted by Crippen LogP contribution is 2.32. The van der Waals surface area contributed by atoms with Crippen LogP contribution in [0, 0.1) is 3.57 Å². The first-order chi connectivity index (χ1) is 16.7. The molecule has 0 fully saturated rings. The lowest BCUT2D eigenvalue weighted by Gasteiger charge is -2.15. The monoisotopic (exact) mass is 638 g/mol. The number of benzene rings is 3. The Kier molecular flexibility index (Phi) is 6.43. The van der Waals surface area contributed by atoms with Crippen LogP contribution in [0.4, 0.5) is 5.69 Å². The predicted molar refractivity (Wildman–Crippen MR) is 146 cm³/mol. The van der Waals surface area contributed by atoms with E-state index in [9.17, 15) is 13.5 Å². The van der Waals surface area contributed by atoms with Crippen LogP contribution in [0.1, 0.15) is 11.4 Å². The molecule has 0 saturated carbocycles. The molecule has 4 aromatic rings. The number of anilines is 1. The molecule has 7 nitrogen and oxygen atoms in total. The largest absolute Gasteiger partial charge is 0.493 e. The second-order valence-electron chi connectivity index (χ2n) is 7.77. The van der Waals surface area contributed by atoms with Gasteiger partial charge < -0.3 is 9.67 Å². The fourth-order valence-electron chi connectivity index (χ4n) is 3.74. The lowest BCUT2D eigenvalue weighted by molar-refractivity contribution is 0.392. The van der Waals surface area contributed by atoms with Gasteiger partial charge in [-0.3, -0.25) is 0 Å². The van der Waals surface area contributed by atoms with Crippen molar-refractivity contribution in [1.82, 2.24) is 14.3 Å². The van der Waals surface area contributed by atoms with E-state index in [4.69, 9.17) is 28.2 Å². The Morgan fingerprint density at radius 3 is 2.29 bits per heavy atom. The standard InChI is InChI=1S/C24H17Cl2IN4O3S/c25-16-3-10-20(21(26)12-16)22-13-30(23(28-22)11-15-1-4-17(27)5-2-15)18-6-8-19(9-7-18)31-14-24(32)29-35(31,33)34/h1-10,12-14,29,32H,11H2. The molecule has 3 aromatic carbocycles. The second-order valence-corrected chi connectivity index (χ2v) is 11.4. The third kappa shape index (κ3) is 4.99. The molecule has 0 spiro atoms. The Balaban J connectivity index is 1.56. The summed E-state index contributed by atoms with van der Waals surface area (Å²) in [6, 6.07) is 20.4. The van der Waals surface area contributed by atoms with Crippen LogP contribution in [0.15, 0.2) is 85.0 Å². The minimum Gasteiger partial charge on any atom is -0.493 e. The molecule has 11 heteroatoms. The van der Waals surface area contributed by atoms with Gasteiger partial charge in [-0.1, -0.05) is 35.3 Å². The molecule has 0 saturated heterocycles. The number of rotatable bonds is 5. The van der Waals surface area contributed by atoms with Crippen molar-refractivity contribution < 1.29 is 13.5 Å². The van der Waals surface area contributed by atoms with Crippen LogP contribution in [0.5, 0.6) is 0 Å². The molecular weight excluding hydrogens is 622 g/mol. The summed E-state index contributed by atoms with van der Waals surface area (Å²) in [5, 5.41) is 10.6. The summed E-state index contributed by atoms with van der Waals surface area (Å²) >= 11 is 14.8. The van der Waals surface area contributed by atoms with Crippen LogP contribution >= 0.6 is 45.8 Å². The van der Waals surface area contributed by atoms with E-state index < -0.39 is 16.1 Å². The van der Waals surface area contributed by atoms with Crippen molar-refractivity contribution in [3.05, 3.63) is 110 Å². The van der Waals surface area contributed by atoms with Crippen LogP contribution in [0.25, 0.3) is 16.9 Å². The molecule has 0 radical (unpaired) electrons.